The van der Waals surface area contributed by atoms with Gasteiger partial charge in [-0.05, 0) is 113 Å². The highest BCUT2D eigenvalue weighted by molar-refractivity contribution is 6.33. The molecule has 0 spiro atoms. The third-order valence-electron chi connectivity index (χ3n) is 10.3. The normalized spacial score (nSPS) is 15.9. The minimum absolute atomic E-state index is 0. The lowest BCUT2D eigenvalue weighted by Gasteiger charge is -2.41. The molecule has 17 heteroatoms. The summed E-state index contributed by atoms with van der Waals surface area (Å²) in [5, 5.41) is 1.13. The lowest BCUT2D eigenvalue weighted by molar-refractivity contribution is -0.00163. The number of likely N-dealkylation sites (tertiary alicyclic amines) is 1. The van der Waals surface area contributed by atoms with Gasteiger partial charge in [0.1, 0.15) is 41.8 Å². The predicted octanol–water partition coefficient (Wildman–Crippen LogP) is 11.0. The molecule has 0 saturated carbocycles. The molecule has 344 valence electrons. The predicted molar refractivity (Wildman–Crippen MR) is 254 cm³/mol. The molecule has 8 rings (SSSR count). The SMILES string of the molecule is CC(C)(C)OC(=O)N1CCN(C(=O)c2ccc(-c3ccccc3Cl)o2)C(COc2cccnc2)C1.Cl.Cl.O=C(c1ccc(-c2ccccc2Cl)o1)N1CCCCC1COc1cccnc1. The van der Waals surface area contributed by atoms with E-state index in [9.17, 15) is 14.4 Å². The van der Waals surface area contributed by atoms with Crippen molar-refractivity contribution in [3.63, 3.8) is 0 Å². The molecule has 0 aliphatic carbocycles. The number of hydrogen-bond donors (Lipinski definition) is 0. The fourth-order valence-corrected chi connectivity index (χ4v) is 7.71. The lowest BCUT2D eigenvalue weighted by atomic mass is 10.0. The van der Waals surface area contributed by atoms with Crippen molar-refractivity contribution in [2.75, 3.05) is 39.4 Å². The van der Waals surface area contributed by atoms with E-state index in [0.717, 1.165) is 24.8 Å². The maximum absolute atomic E-state index is 13.5. The summed E-state index contributed by atoms with van der Waals surface area (Å²) in [5.41, 5.74) is 0.868. The van der Waals surface area contributed by atoms with E-state index in [4.69, 9.17) is 46.2 Å². The molecule has 2 aliphatic rings. The second-order valence-corrected chi connectivity index (χ2v) is 16.8. The van der Waals surface area contributed by atoms with Crippen molar-refractivity contribution in [3.8, 4) is 34.1 Å². The number of nitrogens with zero attached hydrogens (tertiary/aromatic N) is 5. The molecular formula is C48H51Cl4N5O8. The number of rotatable bonds is 10. The molecule has 2 fully saturated rings. The van der Waals surface area contributed by atoms with E-state index >= 15 is 0 Å². The Morgan fingerprint density at radius 3 is 1.65 bits per heavy atom. The molecule has 2 saturated heterocycles. The molecule has 4 aromatic heterocycles. The van der Waals surface area contributed by atoms with Crippen molar-refractivity contribution in [2.24, 2.45) is 0 Å². The average Bonchev–Trinajstić information content (AvgIpc) is 4.00. The van der Waals surface area contributed by atoms with Crippen LogP contribution in [0.15, 0.2) is 131 Å². The maximum Gasteiger partial charge on any atom is 0.410 e. The molecule has 13 nitrogen and oxygen atoms in total. The van der Waals surface area contributed by atoms with Gasteiger partial charge in [-0.3, -0.25) is 19.6 Å². The third-order valence-corrected chi connectivity index (χ3v) is 11.0. The van der Waals surface area contributed by atoms with Gasteiger partial charge in [0.15, 0.2) is 11.5 Å². The van der Waals surface area contributed by atoms with Crippen molar-refractivity contribution < 1.29 is 37.4 Å². The average molecular weight is 968 g/mol. The number of hydrogen-bond acceptors (Lipinski definition) is 10. The Kier molecular flexibility index (Phi) is 18.1. The number of aromatic nitrogens is 2. The number of halogens is 4. The Morgan fingerprint density at radius 2 is 1.15 bits per heavy atom. The van der Waals surface area contributed by atoms with E-state index in [1.165, 1.54) is 0 Å². The van der Waals surface area contributed by atoms with E-state index < -0.39 is 17.7 Å². The summed E-state index contributed by atoms with van der Waals surface area (Å²) < 4.78 is 29.0. The van der Waals surface area contributed by atoms with Crippen LogP contribution in [0.2, 0.25) is 10.0 Å². The molecule has 2 aromatic carbocycles. The van der Waals surface area contributed by atoms with Gasteiger partial charge in [0.05, 0.1) is 34.5 Å². The number of pyridine rings is 2. The molecule has 3 amide bonds. The van der Waals surface area contributed by atoms with Crippen molar-refractivity contribution in [1.29, 1.82) is 0 Å². The standard InChI is InChI=1S/C26H28ClN3O5.C22H21ClN2O3.2ClH/c1-26(2,3)35-25(32)29-13-14-30(18(16-29)17-33-19-7-6-12-28-15-19)24(31)23-11-10-22(34-23)20-8-4-5-9-21(20)27;23-19-9-2-1-8-18(19)20-10-11-21(28-20)22(26)25-13-4-3-6-16(25)15-27-17-7-5-12-24-14-17;;/h4-12,15,18H,13-14,16-17H2,1-3H3;1-2,5,7-12,14,16H,3-4,6,13,15H2;2*1H. The Hall–Kier alpha value is -5.73. The van der Waals surface area contributed by atoms with Crippen LogP contribution < -0.4 is 9.47 Å². The largest absolute Gasteiger partial charge is 0.490 e. The molecule has 65 heavy (non-hydrogen) atoms. The van der Waals surface area contributed by atoms with Crippen LogP contribution in [0, 0.1) is 0 Å². The zero-order chi connectivity index (χ0) is 44.3. The van der Waals surface area contributed by atoms with Gasteiger partial charge in [0, 0.05) is 49.7 Å². The molecule has 2 atom stereocenters. The Morgan fingerprint density at radius 1 is 0.646 bits per heavy atom. The zero-order valence-corrected chi connectivity index (χ0v) is 39.3. The molecule has 2 unspecified atom stereocenters. The molecule has 0 bridgehead atoms. The minimum atomic E-state index is -0.616. The summed E-state index contributed by atoms with van der Waals surface area (Å²) >= 11 is 12.5. The van der Waals surface area contributed by atoms with Gasteiger partial charge in [-0.2, -0.15) is 0 Å². The van der Waals surface area contributed by atoms with Gasteiger partial charge in [0.2, 0.25) is 0 Å². The second-order valence-electron chi connectivity index (χ2n) is 16.0. The first-order chi connectivity index (χ1) is 30.4. The van der Waals surface area contributed by atoms with E-state index in [0.29, 0.717) is 70.6 Å². The molecule has 6 heterocycles. The maximum atomic E-state index is 13.5. The Bertz CT molecular complexity index is 2460. The molecule has 0 N–H and O–H groups in total. The molecule has 0 radical (unpaired) electrons. The first kappa shape index (κ1) is 50.3. The van der Waals surface area contributed by atoms with E-state index in [1.54, 1.807) is 83.1 Å². The van der Waals surface area contributed by atoms with Crippen LogP contribution >= 0.6 is 48.0 Å². The highest BCUT2D eigenvalue weighted by Crippen LogP contribution is 2.32. The van der Waals surface area contributed by atoms with Crippen molar-refractivity contribution in [2.45, 2.75) is 57.7 Å². The van der Waals surface area contributed by atoms with E-state index in [2.05, 4.69) is 9.97 Å². The fourth-order valence-electron chi connectivity index (χ4n) is 7.25. The summed E-state index contributed by atoms with van der Waals surface area (Å²) in [6.07, 6.45) is 9.18. The first-order valence-electron chi connectivity index (χ1n) is 20.8. The minimum Gasteiger partial charge on any atom is -0.490 e. The van der Waals surface area contributed by atoms with Crippen LogP contribution in [0.3, 0.4) is 0 Å². The Balaban J connectivity index is 0.000000242. The number of carbonyl (C=O) groups excluding carboxylic acids is 3. The van der Waals surface area contributed by atoms with Crippen LogP contribution in [0.5, 0.6) is 11.5 Å². The number of ether oxygens (including phenoxy) is 3. The number of benzene rings is 2. The van der Waals surface area contributed by atoms with Gasteiger partial charge < -0.3 is 37.7 Å². The van der Waals surface area contributed by atoms with Gasteiger partial charge >= 0.3 is 6.09 Å². The summed E-state index contributed by atoms with van der Waals surface area (Å²) in [5.74, 6) is 2.50. The van der Waals surface area contributed by atoms with Crippen molar-refractivity contribution >= 4 is 65.9 Å². The van der Waals surface area contributed by atoms with Gasteiger partial charge in [-0.25, -0.2) is 4.79 Å². The van der Waals surface area contributed by atoms with Gasteiger partial charge in [0.25, 0.3) is 11.8 Å². The van der Waals surface area contributed by atoms with Crippen LogP contribution in [0.1, 0.15) is 61.1 Å². The first-order valence-corrected chi connectivity index (χ1v) is 21.5. The molecular weight excluding hydrogens is 916 g/mol. The smallest absolute Gasteiger partial charge is 0.410 e. The molecule has 6 aromatic rings. The van der Waals surface area contributed by atoms with Crippen molar-refractivity contribution in [1.82, 2.24) is 24.7 Å². The van der Waals surface area contributed by atoms with Crippen molar-refractivity contribution in [3.05, 3.63) is 143 Å². The van der Waals surface area contributed by atoms with Crippen LogP contribution in [0.25, 0.3) is 22.6 Å². The number of furan rings is 2. The summed E-state index contributed by atoms with van der Waals surface area (Å²) in [6.45, 7) is 7.68. The highest BCUT2D eigenvalue weighted by atomic mass is 35.5. The third kappa shape index (κ3) is 13.4. The summed E-state index contributed by atoms with van der Waals surface area (Å²) in [7, 11) is 0. The molecule has 2 aliphatic heterocycles. The quantitative estimate of drug-likeness (QED) is 0.130. The number of amides is 3. The van der Waals surface area contributed by atoms with E-state index in [1.807, 2.05) is 74.2 Å². The second kappa shape index (κ2) is 23.5. The van der Waals surface area contributed by atoms with Gasteiger partial charge in [-0.1, -0.05) is 47.5 Å². The van der Waals surface area contributed by atoms with Crippen LogP contribution in [-0.2, 0) is 4.74 Å². The Labute approximate surface area is 400 Å². The number of carbonyl (C=O) groups is 3. The number of piperazine rings is 1. The monoisotopic (exact) mass is 965 g/mol. The van der Waals surface area contributed by atoms with Gasteiger partial charge in [-0.15, -0.1) is 24.8 Å². The van der Waals surface area contributed by atoms with Crippen LogP contribution in [0.4, 0.5) is 4.79 Å². The zero-order valence-electron chi connectivity index (χ0n) is 36.1. The fraction of sp³-hybridized carbons (Fsp3) is 0.312. The highest BCUT2D eigenvalue weighted by Gasteiger charge is 2.36. The number of piperidine rings is 1. The van der Waals surface area contributed by atoms with E-state index in [-0.39, 0.29) is 61.6 Å². The lowest BCUT2D eigenvalue weighted by Crippen LogP contribution is -2.59. The van der Waals surface area contributed by atoms with Crippen LogP contribution in [-0.4, -0.2) is 99.7 Å². The summed E-state index contributed by atoms with van der Waals surface area (Å²) in [4.78, 5) is 52.5. The summed E-state index contributed by atoms with van der Waals surface area (Å²) in [6, 6.07) is 28.4. The topological polar surface area (TPSA) is 141 Å².